The first-order valence-corrected chi connectivity index (χ1v) is 11.1. The number of amides is 2. The van der Waals surface area contributed by atoms with E-state index in [0.29, 0.717) is 32.2 Å². The van der Waals surface area contributed by atoms with Crippen LogP contribution in [0.2, 0.25) is 0 Å². The lowest BCUT2D eigenvalue weighted by atomic mass is 9.85. The van der Waals surface area contributed by atoms with Gasteiger partial charge in [0, 0.05) is 43.2 Å². The van der Waals surface area contributed by atoms with Gasteiger partial charge in [-0.2, -0.15) is 0 Å². The number of carbonyl (C=O) groups is 2. The highest BCUT2D eigenvalue weighted by Gasteiger charge is 2.38. The lowest BCUT2D eigenvalue weighted by Crippen LogP contribution is -2.44. The maximum atomic E-state index is 12.6. The van der Waals surface area contributed by atoms with E-state index >= 15 is 0 Å². The van der Waals surface area contributed by atoms with E-state index in [0.717, 1.165) is 35.5 Å². The molecule has 1 unspecified atom stereocenters. The maximum Gasteiger partial charge on any atom is 0.231 e. The van der Waals surface area contributed by atoms with E-state index in [9.17, 15) is 9.59 Å². The number of nitrogens with one attached hydrogen (secondary N) is 2. The lowest BCUT2D eigenvalue weighted by Gasteiger charge is -2.29. The SMILES string of the molecule is O=C(CCC1(Cc2ccc3c(c2)OCO3)CCC(=O)N1)NCCn1ccc2ccccc21. The van der Waals surface area contributed by atoms with Gasteiger partial charge >= 0.3 is 0 Å². The Hall–Kier alpha value is -3.48. The van der Waals surface area contributed by atoms with Crippen LogP contribution in [0.25, 0.3) is 10.9 Å². The second kappa shape index (κ2) is 8.57. The summed E-state index contributed by atoms with van der Waals surface area (Å²) in [6.45, 7) is 1.52. The number of nitrogens with zero attached hydrogens (tertiary/aromatic N) is 1. The van der Waals surface area contributed by atoms with Crippen LogP contribution in [-0.4, -0.2) is 35.3 Å². The summed E-state index contributed by atoms with van der Waals surface area (Å²) < 4.78 is 13.0. The van der Waals surface area contributed by atoms with Crippen molar-refractivity contribution in [1.82, 2.24) is 15.2 Å². The Kier molecular flexibility index (Phi) is 5.47. The van der Waals surface area contributed by atoms with Crippen molar-refractivity contribution in [3.05, 3.63) is 60.3 Å². The summed E-state index contributed by atoms with van der Waals surface area (Å²) >= 11 is 0. The summed E-state index contributed by atoms with van der Waals surface area (Å²) in [4.78, 5) is 24.6. The summed E-state index contributed by atoms with van der Waals surface area (Å²) in [5.74, 6) is 1.53. The highest BCUT2D eigenvalue weighted by molar-refractivity contribution is 5.81. The van der Waals surface area contributed by atoms with Crippen molar-refractivity contribution in [2.24, 2.45) is 0 Å². The lowest BCUT2D eigenvalue weighted by molar-refractivity contribution is -0.122. The zero-order valence-corrected chi connectivity index (χ0v) is 17.9. The molecule has 0 spiro atoms. The third-order valence-electron chi connectivity index (χ3n) is 6.40. The molecule has 1 saturated heterocycles. The zero-order valence-electron chi connectivity index (χ0n) is 17.9. The van der Waals surface area contributed by atoms with E-state index in [1.54, 1.807) is 0 Å². The highest BCUT2D eigenvalue weighted by atomic mass is 16.7. The number of rotatable bonds is 8. The van der Waals surface area contributed by atoms with Crippen LogP contribution in [0.5, 0.6) is 11.5 Å². The monoisotopic (exact) mass is 433 g/mol. The summed E-state index contributed by atoms with van der Waals surface area (Å²) in [7, 11) is 0. The molecule has 0 radical (unpaired) electrons. The van der Waals surface area contributed by atoms with E-state index in [1.807, 2.05) is 36.5 Å². The van der Waals surface area contributed by atoms with Crippen LogP contribution in [-0.2, 0) is 22.6 Å². The van der Waals surface area contributed by atoms with Gasteiger partial charge in [-0.05, 0) is 54.5 Å². The molecule has 1 atom stereocenters. The highest BCUT2D eigenvalue weighted by Crippen LogP contribution is 2.36. The predicted molar refractivity (Wildman–Crippen MR) is 121 cm³/mol. The number of fused-ring (bicyclic) bond motifs is 2. The second-order valence-electron chi connectivity index (χ2n) is 8.61. The van der Waals surface area contributed by atoms with E-state index in [2.05, 4.69) is 33.4 Å². The standard InChI is InChI=1S/C25H27N3O4/c29-23(26-12-14-28-13-9-19-3-1-2-4-20(19)28)7-10-25(11-8-24(30)27-25)16-18-5-6-21-22(15-18)32-17-31-21/h1-6,9,13,15H,7-8,10-12,14,16-17H2,(H,26,29)(H,27,30). The van der Waals surface area contributed by atoms with Gasteiger partial charge in [0.2, 0.25) is 18.6 Å². The van der Waals surface area contributed by atoms with Gasteiger partial charge in [-0.3, -0.25) is 9.59 Å². The van der Waals surface area contributed by atoms with Crippen LogP contribution < -0.4 is 20.1 Å². The Morgan fingerprint density at radius 1 is 1.12 bits per heavy atom. The van der Waals surface area contributed by atoms with Crippen molar-refractivity contribution in [2.75, 3.05) is 13.3 Å². The summed E-state index contributed by atoms with van der Waals surface area (Å²) in [5, 5.41) is 7.36. The van der Waals surface area contributed by atoms with Gasteiger partial charge in [0.15, 0.2) is 11.5 Å². The van der Waals surface area contributed by atoms with Crippen molar-refractivity contribution >= 4 is 22.7 Å². The normalized spacial score (nSPS) is 19.3. The smallest absolute Gasteiger partial charge is 0.231 e. The molecule has 7 nitrogen and oxygen atoms in total. The van der Waals surface area contributed by atoms with Crippen LogP contribution in [0.15, 0.2) is 54.7 Å². The van der Waals surface area contributed by atoms with Crippen molar-refractivity contribution < 1.29 is 19.1 Å². The molecule has 0 aliphatic carbocycles. The van der Waals surface area contributed by atoms with E-state index in [4.69, 9.17) is 9.47 Å². The molecule has 0 saturated carbocycles. The molecule has 0 bridgehead atoms. The van der Waals surface area contributed by atoms with Gasteiger partial charge in [-0.1, -0.05) is 24.3 Å². The van der Waals surface area contributed by atoms with Gasteiger partial charge in [0.05, 0.1) is 0 Å². The molecule has 7 heteroatoms. The van der Waals surface area contributed by atoms with Crippen molar-refractivity contribution in [1.29, 1.82) is 0 Å². The van der Waals surface area contributed by atoms with Gasteiger partial charge < -0.3 is 24.7 Å². The molecule has 1 aromatic heterocycles. The molecule has 2 aliphatic heterocycles. The predicted octanol–water partition coefficient (Wildman–Crippen LogP) is 3.16. The van der Waals surface area contributed by atoms with Gasteiger partial charge in [-0.25, -0.2) is 0 Å². The third kappa shape index (κ3) is 4.28. The molecular weight excluding hydrogens is 406 g/mol. The number of ether oxygens (including phenoxy) is 2. The molecule has 2 aliphatic rings. The van der Waals surface area contributed by atoms with E-state index < -0.39 is 5.54 Å². The zero-order chi connectivity index (χ0) is 22.0. The Labute approximate surface area is 186 Å². The quantitative estimate of drug-likeness (QED) is 0.572. The van der Waals surface area contributed by atoms with E-state index in [-0.39, 0.29) is 18.6 Å². The number of para-hydroxylation sites is 1. The first-order chi connectivity index (χ1) is 15.6. The van der Waals surface area contributed by atoms with Crippen LogP contribution >= 0.6 is 0 Å². The number of hydrogen-bond donors (Lipinski definition) is 2. The molecule has 5 rings (SSSR count). The number of hydrogen-bond acceptors (Lipinski definition) is 4. The number of aromatic nitrogens is 1. The Balaban J connectivity index is 1.16. The molecule has 2 N–H and O–H groups in total. The minimum atomic E-state index is -0.404. The van der Waals surface area contributed by atoms with Gasteiger partial charge in [0.1, 0.15) is 0 Å². The van der Waals surface area contributed by atoms with Crippen LogP contribution in [0.4, 0.5) is 0 Å². The van der Waals surface area contributed by atoms with Crippen molar-refractivity contribution in [3.63, 3.8) is 0 Å². The molecule has 3 aromatic rings. The average Bonchev–Trinajstić information content (AvgIpc) is 3.51. The molecule has 166 valence electrons. The second-order valence-corrected chi connectivity index (χ2v) is 8.61. The van der Waals surface area contributed by atoms with Crippen LogP contribution in [0.1, 0.15) is 31.2 Å². The van der Waals surface area contributed by atoms with E-state index in [1.165, 1.54) is 5.39 Å². The fraction of sp³-hybridized carbons (Fsp3) is 0.360. The molecule has 2 amide bonds. The van der Waals surface area contributed by atoms with Gasteiger partial charge in [0.25, 0.3) is 0 Å². The average molecular weight is 434 g/mol. The molecule has 3 heterocycles. The number of carbonyl (C=O) groups excluding carboxylic acids is 2. The Morgan fingerprint density at radius 3 is 2.88 bits per heavy atom. The van der Waals surface area contributed by atoms with Crippen LogP contribution in [0.3, 0.4) is 0 Å². The molecular formula is C25H27N3O4. The molecule has 1 fully saturated rings. The Bertz CT molecular complexity index is 1160. The summed E-state index contributed by atoms with van der Waals surface area (Å²) in [6, 6.07) is 16.2. The Morgan fingerprint density at radius 2 is 2.00 bits per heavy atom. The maximum absolute atomic E-state index is 12.6. The molecule has 2 aromatic carbocycles. The topological polar surface area (TPSA) is 81.6 Å². The van der Waals surface area contributed by atoms with Crippen LogP contribution in [0, 0.1) is 0 Å². The van der Waals surface area contributed by atoms with Gasteiger partial charge in [-0.15, -0.1) is 0 Å². The minimum absolute atomic E-state index is 0.00710. The fourth-order valence-electron chi connectivity index (χ4n) is 4.72. The van der Waals surface area contributed by atoms with Crippen molar-refractivity contribution in [3.8, 4) is 11.5 Å². The number of benzene rings is 2. The molecule has 32 heavy (non-hydrogen) atoms. The first kappa shape index (κ1) is 20.4. The largest absolute Gasteiger partial charge is 0.454 e. The summed E-state index contributed by atoms with van der Waals surface area (Å²) in [5.41, 5.74) is 1.83. The fourth-order valence-corrected chi connectivity index (χ4v) is 4.72. The summed E-state index contributed by atoms with van der Waals surface area (Å²) in [6.07, 6.45) is 4.90. The third-order valence-corrected chi connectivity index (χ3v) is 6.40. The van der Waals surface area contributed by atoms with Crippen molar-refractivity contribution in [2.45, 2.75) is 44.2 Å². The first-order valence-electron chi connectivity index (χ1n) is 11.1. The minimum Gasteiger partial charge on any atom is -0.454 e.